The lowest BCUT2D eigenvalue weighted by Crippen LogP contribution is -2.01. The molecule has 1 heterocycles. The molecule has 0 unspecified atom stereocenters. The average Bonchev–Trinajstić information content (AvgIpc) is 2.75. The highest BCUT2D eigenvalue weighted by Gasteiger charge is 2.10. The van der Waals surface area contributed by atoms with E-state index in [9.17, 15) is 8.78 Å². The van der Waals surface area contributed by atoms with Crippen molar-refractivity contribution >= 4 is 28.6 Å². The van der Waals surface area contributed by atoms with Gasteiger partial charge in [0.1, 0.15) is 5.82 Å². The van der Waals surface area contributed by atoms with Gasteiger partial charge in [0.15, 0.2) is 5.82 Å². The van der Waals surface area contributed by atoms with E-state index in [0.29, 0.717) is 6.54 Å². The van der Waals surface area contributed by atoms with Gasteiger partial charge in [-0.15, -0.1) is 11.3 Å². The van der Waals surface area contributed by atoms with Crippen LogP contribution in [0.1, 0.15) is 16.7 Å². The van der Waals surface area contributed by atoms with Gasteiger partial charge in [0.05, 0.1) is 10.7 Å². The molecule has 18 heavy (non-hydrogen) atoms. The summed E-state index contributed by atoms with van der Waals surface area (Å²) in [6.07, 6.45) is 0.982. The lowest BCUT2D eigenvalue weighted by atomic mass is 10.3. The second-order valence-corrected chi connectivity index (χ2v) is 5.48. The average molecular weight is 288 g/mol. The van der Waals surface area contributed by atoms with Crippen LogP contribution in [0.15, 0.2) is 24.3 Å². The molecule has 0 aliphatic carbocycles. The van der Waals surface area contributed by atoms with Gasteiger partial charge in [-0.05, 0) is 24.6 Å². The lowest BCUT2D eigenvalue weighted by Gasteiger charge is -2.08. The molecule has 0 fully saturated rings. The molecule has 1 nitrogen and oxygen atoms in total. The minimum atomic E-state index is -0.674. The standard InChI is InChI=1S/C13H12ClF2NS/c1-2-9-3-4-10(18-9)7-17-13-11(14)5-8(15)6-12(13)16/h3-6,17H,2,7H2,1H3. The number of hydrogen-bond acceptors (Lipinski definition) is 2. The van der Waals surface area contributed by atoms with Crippen LogP contribution in [0.5, 0.6) is 0 Å². The Morgan fingerprint density at radius 3 is 2.56 bits per heavy atom. The van der Waals surface area contributed by atoms with Crippen LogP contribution in [0.3, 0.4) is 0 Å². The highest BCUT2D eigenvalue weighted by atomic mass is 35.5. The van der Waals surface area contributed by atoms with E-state index in [0.717, 1.165) is 23.4 Å². The van der Waals surface area contributed by atoms with Gasteiger partial charge in [0.2, 0.25) is 0 Å². The van der Waals surface area contributed by atoms with Gasteiger partial charge < -0.3 is 5.32 Å². The Bertz CT molecular complexity index is 531. The summed E-state index contributed by atoms with van der Waals surface area (Å²) in [6, 6.07) is 5.95. The first kappa shape index (κ1) is 13.3. The van der Waals surface area contributed by atoms with Crippen molar-refractivity contribution < 1.29 is 8.78 Å². The minimum Gasteiger partial charge on any atom is -0.377 e. The van der Waals surface area contributed by atoms with Crippen molar-refractivity contribution in [1.82, 2.24) is 0 Å². The molecule has 0 saturated heterocycles. The van der Waals surface area contributed by atoms with Crippen LogP contribution in [-0.2, 0) is 13.0 Å². The summed E-state index contributed by atoms with van der Waals surface area (Å²) in [4.78, 5) is 2.36. The van der Waals surface area contributed by atoms with Crippen molar-refractivity contribution in [3.63, 3.8) is 0 Å². The van der Waals surface area contributed by atoms with Crippen LogP contribution in [0, 0.1) is 11.6 Å². The maximum atomic E-state index is 13.5. The lowest BCUT2D eigenvalue weighted by molar-refractivity contribution is 0.585. The van der Waals surface area contributed by atoms with E-state index in [1.165, 1.54) is 4.88 Å². The van der Waals surface area contributed by atoms with Gasteiger partial charge in [-0.1, -0.05) is 18.5 Å². The van der Waals surface area contributed by atoms with Crippen LogP contribution < -0.4 is 5.32 Å². The third kappa shape index (κ3) is 3.00. The normalized spacial score (nSPS) is 10.7. The van der Waals surface area contributed by atoms with Crippen LogP contribution in [0.2, 0.25) is 5.02 Å². The maximum absolute atomic E-state index is 13.5. The number of rotatable bonds is 4. The Balaban J connectivity index is 2.10. The molecule has 1 N–H and O–H groups in total. The number of nitrogens with one attached hydrogen (secondary N) is 1. The summed E-state index contributed by atoms with van der Waals surface area (Å²) in [5, 5.41) is 2.95. The Morgan fingerprint density at radius 2 is 1.94 bits per heavy atom. The predicted octanol–water partition coefficient (Wildman–Crippen LogP) is 4.85. The Morgan fingerprint density at radius 1 is 1.22 bits per heavy atom. The minimum absolute atomic E-state index is 0.0553. The number of halogens is 3. The van der Waals surface area contributed by atoms with Gasteiger partial charge in [0.25, 0.3) is 0 Å². The van der Waals surface area contributed by atoms with Gasteiger partial charge in [-0.2, -0.15) is 0 Å². The van der Waals surface area contributed by atoms with Crippen molar-refractivity contribution in [2.45, 2.75) is 19.9 Å². The Labute approximate surface area is 113 Å². The summed E-state index contributed by atoms with van der Waals surface area (Å²) < 4.78 is 26.4. The molecular weight excluding hydrogens is 276 g/mol. The van der Waals surface area contributed by atoms with Crippen LogP contribution in [0.25, 0.3) is 0 Å². The molecule has 0 saturated carbocycles. The van der Waals surface area contributed by atoms with Crippen molar-refractivity contribution in [1.29, 1.82) is 0 Å². The second-order valence-electron chi connectivity index (χ2n) is 3.82. The molecule has 5 heteroatoms. The number of aryl methyl sites for hydroxylation is 1. The van der Waals surface area contributed by atoms with Crippen LogP contribution in [0.4, 0.5) is 14.5 Å². The summed E-state index contributed by atoms with van der Waals surface area (Å²) in [5.74, 6) is -1.35. The van der Waals surface area contributed by atoms with E-state index in [-0.39, 0.29) is 10.7 Å². The van der Waals surface area contributed by atoms with E-state index in [1.807, 2.05) is 12.1 Å². The fourth-order valence-electron chi connectivity index (χ4n) is 1.59. The van der Waals surface area contributed by atoms with Crippen molar-refractivity contribution in [3.8, 4) is 0 Å². The van der Waals surface area contributed by atoms with Crippen LogP contribution in [-0.4, -0.2) is 0 Å². The molecule has 0 amide bonds. The molecule has 1 aromatic carbocycles. The molecule has 0 aliphatic heterocycles. The number of anilines is 1. The monoisotopic (exact) mass is 287 g/mol. The van der Waals surface area contributed by atoms with Gasteiger partial charge in [-0.25, -0.2) is 8.78 Å². The fourth-order valence-corrected chi connectivity index (χ4v) is 2.75. The summed E-state index contributed by atoms with van der Waals surface area (Å²) >= 11 is 7.46. The molecule has 2 rings (SSSR count). The molecule has 0 radical (unpaired) electrons. The van der Waals surface area contributed by atoms with Gasteiger partial charge in [-0.3, -0.25) is 0 Å². The van der Waals surface area contributed by atoms with Crippen molar-refractivity contribution in [3.05, 3.63) is 50.7 Å². The smallest absolute Gasteiger partial charge is 0.150 e. The quantitative estimate of drug-likeness (QED) is 0.847. The topological polar surface area (TPSA) is 12.0 Å². The number of thiophene rings is 1. The third-order valence-electron chi connectivity index (χ3n) is 2.51. The first-order valence-corrected chi connectivity index (χ1v) is 6.75. The Kier molecular flexibility index (Phi) is 4.19. The van der Waals surface area contributed by atoms with E-state index in [1.54, 1.807) is 11.3 Å². The summed E-state index contributed by atoms with van der Waals surface area (Å²) in [5.41, 5.74) is 0.143. The first-order chi connectivity index (χ1) is 8.60. The highest BCUT2D eigenvalue weighted by molar-refractivity contribution is 7.12. The highest BCUT2D eigenvalue weighted by Crippen LogP contribution is 2.27. The summed E-state index contributed by atoms with van der Waals surface area (Å²) in [7, 11) is 0. The largest absolute Gasteiger partial charge is 0.377 e. The zero-order chi connectivity index (χ0) is 13.1. The number of benzene rings is 1. The second kappa shape index (κ2) is 5.67. The first-order valence-electron chi connectivity index (χ1n) is 5.56. The van der Waals surface area contributed by atoms with Crippen LogP contribution >= 0.6 is 22.9 Å². The van der Waals surface area contributed by atoms with E-state index >= 15 is 0 Å². The molecular formula is C13H12ClF2NS. The molecule has 1 aromatic heterocycles. The van der Waals surface area contributed by atoms with E-state index in [2.05, 4.69) is 12.2 Å². The van der Waals surface area contributed by atoms with Gasteiger partial charge in [0, 0.05) is 22.4 Å². The van der Waals surface area contributed by atoms with E-state index < -0.39 is 11.6 Å². The van der Waals surface area contributed by atoms with E-state index in [4.69, 9.17) is 11.6 Å². The zero-order valence-electron chi connectivity index (χ0n) is 9.77. The molecule has 96 valence electrons. The van der Waals surface area contributed by atoms with Gasteiger partial charge >= 0.3 is 0 Å². The number of hydrogen-bond donors (Lipinski definition) is 1. The maximum Gasteiger partial charge on any atom is 0.150 e. The molecule has 0 aliphatic rings. The Hall–Kier alpha value is -1.13. The summed E-state index contributed by atoms with van der Waals surface area (Å²) in [6.45, 7) is 2.56. The third-order valence-corrected chi connectivity index (χ3v) is 4.04. The fraction of sp³-hybridized carbons (Fsp3) is 0.231. The van der Waals surface area contributed by atoms with Crippen molar-refractivity contribution in [2.24, 2.45) is 0 Å². The molecule has 2 aromatic rings. The molecule has 0 spiro atoms. The SMILES string of the molecule is CCc1ccc(CNc2c(F)cc(F)cc2Cl)s1. The predicted molar refractivity (Wildman–Crippen MR) is 72.4 cm³/mol. The van der Waals surface area contributed by atoms with Crippen molar-refractivity contribution in [2.75, 3.05) is 5.32 Å². The molecule has 0 atom stereocenters. The zero-order valence-corrected chi connectivity index (χ0v) is 11.3. The molecule has 0 bridgehead atoms.